The fourth-order valence-corrected chi connectivity index (χ4v) is 3.13. The molecule has 150 valence electrons. The lowest BCUT2D eigenvalue weighted by Crippen LogP contribution is -2.35. The second-order valence-corrected chi connectivity index (χ2v) is 6.93. The van der Waals surface area contributed by atoms with Crippen molar-refractivity contribution in [2.75, 3.05) is 5.01 Å². The number of hydrogen-bond donors (Lipinski definition) is 1. The third kappa shape index (κ3) is 4.07. The Labute approximate surface area is 173 Å². The average molecular weight is 402 g/mol. The second-order valence-electron chi connectivity index (χ2n) is 6.93. The molecule has 0 saturated carbocycles. The van der Waals surface area contributed by atoms with E-state index in [1.165, 1.54) is 23.2 Å². The topological polar surface area (TPSA) is 58.6 Å². The maximum Gasteiger partial charge on any atom is 0.282 e. The molecule has 1 N–H and O–H groups in total. The first kappa shape index (κ1) is 19.4. The van der Waals surface area contributed by atoms with Crippen molar-refractivity contribution in [2.24, 2.45) is 0 Å². The summed E-state index contributed by atoms with van der Waals surface area (Å²) >= 11 is 0. The maximum atomic E-state index is 13.1. The number of anilines is 1. The normalized spacial score (nSPS) is 14.9. The van der Waals surface area contributed by atoms with Gasteiger partial charge in [0.25, 0.3) is 11.8 Å². The SMILES string of the molecule is Cc1ccc(OCc2ccc(F)cc2)c(/C=C2\C(=O)NN(c3ccccc3)C2=O)c1. The minimum Gasteiger partial charge on any atom is -0.488 e. The number of amides is 2. The van der Waals surface area contributed by atoms with Gasteiger partial charge < -0.3 is 4.74 Å². The summed E-state index contributed by atoms with van der Waals surface area (Å²) in [6, 6.07) is 20.5. The largest absolute Gasteiger partial charge is 0.488 e. The third-order valence-corrected chi connectivity index (χ3v) is 4.68. The van der Waals surface area contributed by atoms with Gasteiger partial charge in [0.1, 0.15) is 23.7 Å². The van der Waals surface area contributed by atoms with Crippen LogP contribution in [0.5, 0.6) is 5.75 Å². The molecule has 3 aromatic rings. The van der Waals surface area contributed by atoms with Crippen molar-refractivity contribution in [2.45, 2.75) is 13.5 Å². The molecular formula is C24H19FN2O3. The Morgan fingerprint density at radius 2 is 1.73 bits per heavy atom. The highest BCUT2D eigenvalue weighted by Gasteiger charge is 2.34. The molecule has 5 nitrogen and oxygen atoms in total. The van der Waals surface area contributed by atoms with E-state index in [1.54, 1.807) is 42.5 Å². The van der Waals surface area contributed by atoms with Gasteiger partial charge in [-0.05, 0) is 55.0 Å². The molecule has 0 radical (unpaired) electrons. The van der Waals surface area contributed by atoms with Gasteiger partial charge in [0.15, 0.2) is 0 Å². The number of halogens is 1. The van der Waals surface area contributed by atoms with Gasteiger partial charge in [0.2, 0.25) is 0 Å². The Morgan fingerprint density at radius 1 is 1.00 bits per heavy atom. The van der Waals surface area contributed by atoms with Gasteiger partial charge in [-0.25, -0.2) is 9.40 Å². The molecule has 2 amide bonds. The van der Waals surface area contributed by atoms with Crippen LogP contribution in [0.15, 0.2) is 78.4 Å². The standard InChI is InChI=1S/C24H19FN2O3/c1-16-7-12-22(30-15-17-8-10-19(25)11-9-17)18(13-16)14-21-23(28)26-27(24(21)29)20-5-3-2-4-6-20/h2-14H,15H2,1H3,(H,26,28)/b21-14+. The molecule has 1 fully saturated rings. The fourth-order valence-electron chi connectivity index (χ4n) is 3.13. The smallest absolute Gasteiger partial charge is 0.282 e. The molecule has 4 rings (SSSR count). The number of ether oxygens (including phenoxy) is 1. The molecule has 0 atom stereocenters. The van der Waals surface area contributed by atoms with Crippen LogP contribution in [0.25, 0.3) is 6.08 Å². The van der Waals surface area contributed by atoms with Crippen LogP contribution in [0, 0.1) is 12.7 Å². The molecule has 0 spiro atoms. The zero-order valence-corrected chi connectivity index (χ0v) is 16.3. The molecule has 0 bridgehead atoms. The second kappa shape index (κ2) is 8.21. The van der Waals surface area contributed by atoms with E-state index in [9.17, 15) is 14.0 Å². The number of benzene rings is 3. The van der Waals surface area contributed by atoms with Crippen LogP contribution in [-0.2, 0) is 16.2 Å². The van der Waals surface area contributed by atoms with Crippen LogP contribution in [0.1, 0.15) is 16.7 Å². The van der Waals surface area contributed by atoms with Crippen molar-refractivity contribution >= 4 is 23.6 Å². The first-order valence-corrected chi connectivity index (χ1v) is 9.41. The highest BCUT2D eigenvalue weighted by molar-refractivity contribution is 6.31. The van der Waals surface area contributed by atoms with E-state index in [0.717, 1.165) is 11.1 Å². The van der Waals surface area contributed by atoms with E-state index in [0.29, 0.717) is 17.0 Å². The van der Waals surface area contributed by atoms with E-state index >= 15 is 0 Å². The van der Waals surface area contributed by atoms with E-state index in [4.69, 9.17) is 4.74 Å². The Morgan fingerprint density at radius 3 is 2.47 bits per heavy atom. The molecule has 0 aliphatic carbocycles. The van der Waals surface area contributed by atoms with E-state index in [1.807, 2.05) is 25.1 Å². The van der Waals surface area contributed by atoms with Gasteiger partial charge in [-0.2, -0.15) is 0 Å². The first-order chi connectivity index (χ1) is 14.5. The van der Waals surface area contributed by atoms with Crippen LogP contribution < -0.4 is 15.2 Å². The van der Waals surface area contributed by atoms with Crippen LogP contribution in [0.2, 0.25) is 0 Å². The Hall–Kier alpha value is -3.93. The summed E-state index contributed by atoms with van der Waals surface area (Å²) in [6.07, 6.45) is 1.54. The molecule has 1 heterocycles. The fraction of sp³-hybridized carbons (Fsp3) is 0.0833. The monoisotopic (exact) mass is 402 g/mol. The minimum atomic E-state index is -0.477. The maximum absolute atomic E-state index is 13.1. The summed E-state index contributed by atoms with van der Waals surface area (Å²) in [5, 5.41) is 1.23. The van der Waals surface area contributed by atoms with Crippen LogP contribution in [0.4, 0.5) is 10.1 Å². The number of carbonyl (C=O) groups is 2. The van der Waals surface area contributed by atoms with E-state index in [2.05, 4.69) is 5.43 Å². The van der Waals surface area contributed by atoms with Gasteiger partial charge in [0, 0.05) is 5.56 Å². The zero-order valence-electron chi connectivity index (χ0n) is 16.3. The zero-order chi connectivity index (χ0) is 21.1. The molecular weight excluding hydrogens is 383 g/mol. The number of carbonyl (C=O) groups excluding carboxylic acids is 2. The highest BCUT2D eigenvalue weighted by atomic mass is 19.1. The molecule has 6 heteroatoms. The lowest BCUT2D eigenvalue weighted by molar-refractivity contribution is -0.117. The number of nitrogens with zero attached hydrogens (tertiary/aromatic N) is 1. The van der Waals surface area contributed by atoms with Crippen LogP contribution in [0.3, 0.4) is 0 Å². The molecule has 30 heavy (non-hydrogen) atoms. The summed E-state index contributed by atoms with van der Waals surface area (Å²) in [5.74, 6) is -0.698. The Balaban J connectivity index is 1.61. The van der Waals surface area contributed by atoms with E-state index < -0.39 is 11.8 Å². The molecule has 0 unspecified atom stereocenters. The molecule has 1 aliphatic heterocycles. The number of para-hydroxylation sites is 1. The number of aryl methyl sites for hydroxylation is 1. The van der Waals surface area contributed by atoms with Crippen molar-refractivity contribution in [1.29, 1.82) is 0 Å². The van der Waals surface area contributed by atoms with Crippen molar-refractivity contribution in [3.05, 3.63) is 101 Å². The van der Waals surface area contributed by atoms with Crippen molar-refractivity contribution < 1.29 is 18.7 Å². The van der Waals surface area contributed by atoms with Crippen molar-refractivity contribution in [3.63, 3.8) is 0 Å². The summed E-state index contributed by atoms with van der Waals surface area (Å²) in [6.45, 7) is 2.15. The lowest BCUT2D eigenvalue weighted by atomic mass is 10.1. The number of hydrogen-bond acceptors (Lipinski definition) is 3. The predicted octanol–water partition coefficient (Wildman–Crippen LogP) is 4.17. The quantitative estimate of drug-likeness (QED) is 0.515. The van der Waals surface area contributed by atoms with Crippen molar-refractivity contribution in [1.82, 2.24) is 5.43 Å². The molecule has 0 aromatic heterocycles. The number of hydrazine groups is 1. The molecule has 1 aliphatic rings. The summed E-state index contributed by atoms with van der Waals surface area (Å²) in [5.41, 5.74) is 5.57. The van der Waals surface area contributed by atoms with Gasteiger partial charge in [-0.3, -0.25) is 15.0 Å². The highest BCUT2D eigenvalue weighted by Crippen LogP contribution is 2.27. The Bertz CT molecular complexity index is 1120. The third-order valence-electron chi connectivity index (χ3n) is 4.68. The first-order valence-electron chi connectivity index (χ1n) is 9.41. The van der Waals surface area contributed by atoms with Gasteiger partial charge in [-0.15, -0.1) is 0 Å². The van der Waals surface area contributed by atoms with Gasteiger partial charge >= 0.3 is 0 Å². The van der Waals surface area contributed by atoms with Crippen LogP contribution >= 0.6 is 0 Å². The van der Waals surface area contributed by atoms with Gasteiger partial charge in [0.05, 0.1) is 5.69 Å². The van der Waals surface area contributed by atoms with E-state index in [-0.39, 0.29) is 18.0 Å². The average Bonchev–Trinajstić information content (AvgIpc) is 3.03. The summed E-state index contributed by atoms with van der Waals surface area (Å²) in [7, 11) is 0. The molecule has 1 saturated heterocycles. The minimum absolute atomic E-state index is 0.0242. The van der Waals surface area contributed by atoms with Gasteiger partial charge in [-0.1, -0.05) is 42.0 Å². The summed E-state index contributed by atoms with van der Waals surface area (Å²) < 4.78 is 19.0. The summed E-state index contributed by atoms with van der Waals surface area (Å²) in [4.78, 5) is 25.3. The number of nitrogens with one attached hydrogen (secondary N) is 1. The van der Waals surface area contributed by atoms with Crippen LogP contribution in [-0.4, -0.2) is 11.8 Å². The Kier molecular flexibility index (Phi) is 5.30. The molecule has 3 aromatic carbocycles. The van der Waals surface area contributed by atoms with Crippen molar-refractivity contribution in [3.8, 4) is 5.75 Å². The number of rotatable bonds is 5. The predicted molar refractivity (Wildman–Crippen MR) is 112 cm³/mol. The lowest BCUT2D eigenvalue weighted by Gasteiger charge is -2.14.